The van der Waals surface area contributed by atoms with Crippen molar-refractivity contribution in [3.8, 4) is 34.1 Å². The van der Waals surface area contributed by atoms with Crippen LogP contribution in [0.4, 0.5) is 0 Å². The first kappa shape index (κ1) is 18.3. The van der Waals surface area contributed by atoms with Gasteiger partial charge in [0.05, 0.1) is 14.2 Å². The van der Waals surface area contributed by atoms with Gasteiger partial charge in [0.1, 0.15) is 23.0 Å². The Morgan fingerprint density at radius 2 is 1.37 bits per heavy atom. The molecule has 0 unspecified atom stereocenters. The second-order valence-electron chi connectivity index (χ2n) is 5.67. The van der Waals surface area contributed by atoms with Gasteiger partial charge in [-0.2, -0.15) is 0 Å². The third kappa shape index (κ3) is 4.79. The minimum Gasteiger partial charge on any atom is -0.496 e. The molecule has 0 aliphatic rings. The molecule has 0 aromatic heterocycles. The third-order valence-corrected chi connectivity index (χ3v) is 3.87. The van der Waals surface area contributed by atoms with Gasteiger partial charge in [-0.1, -0.05) is 48.5 Å². The fraction of sp³-hybridized carbons (Fsp3) is 0.136. The molecule has 0 atom stereocenters. The highest BCUT2D eigenvalue weighted by Crippen LogP contribution is 2.30. The highest BCUT2D eigenvalue weighted by atomic mass is 16.6. The van der Waals surface area contributed by atoms with E-state index in [1.54, 1.807) is 18.2 Å². The Labute approximate surface area is 158 Å². The van der Waals surface area contributed by atoms with E-state index in [4.69, 9.17) is 18.9 Å². The second-order valence-corrected chi connectivity index (χ2v) is 5.67. The summed E-state index contributed by atoms with van der Waals surface area (Å²) in [7, 11) is 3.06. The van der Waals surface area contributed by atoms with Crippen LogP contribution in [0.2, 0.25) is 0 Å². The zero-order chi connectivity index (χ0) is 19.1. The topological polar surface area (TPSA) is 54.0 Å². The van der Waals surface area contributed by atoms with Crippen LogP contribution >= 0.6 is 0 Å². The average Bonchev–Trinajstić information content (AvgIpc) is 2.72. The maximum absolute atomic E-state index is 12.2. The Kier molecular flexibility index (Phi) is 5.94. The van der Waals surface area contributed by atoms with Crippen LogP contribution in [0.3, 0.4) is 0 Å². The van der Waals surface area contributed by atoms with Gasteiger partial charge in [0.25, 0.3) is 0 Å². The monoisotopic (exact) mass is 364 g/mol. The molecular weight excluding hydrogens is 344 g/mol. The molecule has 0 saturated heterocycles. The Bertz CT molecular complexity index is 883. The first-order valence-corrected chi connectivity index (χ1v) is 8.40. The summed E-state index contributed by atoms with van der Waals surface area (Å²) in [4.78, 5) is 12.2. The van der Waals surface area contributed by atoms with Crippen molar-refractivity contribution in [1.82, 2.24) is 0 Å². The van der Waals surface area contributed by atoms with E-state index in [1.807, 2.05) is 54.6 Å². The molecule has 0 saturated carbocycles. The molecule has 5 nitrogen and oxygen atoms in total. The summed E-state index contributed by atoms with van der Waals surface area (Å²) in [5.41, 5.74) is 1.92. The summed E-state index contributed by atoms with van der Waals surface area (Å²) in [5.74, 6) is 1.49. The molecule has 0 fully saturated rings. The lowest BCUT2D eigenvalue weighted by Gasteiger charge is -2.12. The normalized spacial score (nSPS) is 10.1. The van der Waals surface area contributed by atoms with Gasteiger partial charge in [0.2, 0.25) is 0 Å². The first-order chi connectivity index (χ1) is 13.2. The maximum Gasteiger partial charge on any atom is 0.349 e. The zero-order valence-corrected chi connectivity index (χ0v) is 15.2. The van der Waals surface area contributed by atoms with Crippen molar-refractivity contribution < 1.29 is 23.7 Å². The van der Waals surface area contributed by atoms with Crippen LogP contribution in [0, 0.1) is 0 Å². The summed E-state index contributed by atoms with van der Waals surface area (Å²) >= 11 is 0. The predicted molar refractivity (Wildman–Crippen MR) is 103 cm³/mol. The molecule has 0 radical (unpaired) electrons. The Morgan fingerprint density at radius 1 is 0.778 bits per heavy atom. The van der Waals surface area contributed by atoms with Gasteiger partial charge >= 0.3 is 5.97 Å². The standard InChI is InChI=1S/C22H20O5/c1-24-17-12-18(25-2)14-19(13-17)27-22(23)15-26-21-11-7-6-10-20(21)16-8-4-3-5-9-16/h3-14H,15H2,1-2H3. The van der Waals surface area contributed by atoms with Crippen LogP contribution in [0.1, 0.15) is 0 Å². The van der Waals surface area contributed by atoms with E-state index in [1.165, 1.54) is 14.2 Å². The highest BCUT2D eigenvalue weighted by Gasteiger charge is 2.11. The lowest BCUT2D eigenvalue weighted by atomic mass is 10.1. The number of carbonyl (C=O) groups is 1. The molecule has 0 spiro atoms. The number of ether oxygens (including phenoxy) is 4. The van der Waals surface area contributed by atoms with Crippen molar-refractivity contribution in [3.05, 3.63) is 72.8 Å². The largest absolute Gasteiger partial charge is 0.496 e. The van der Waals surface area contributed by atoms with E-state index >= 15 is 0 Å². The second kappa shape index (κ2) is 8.76. The Hall–Kier alpha value is -3.47. The lowest BCUT2D eigenvalue weighted by molar-refractivity contribution is -0.136. The van der Waals surface area contributed by atoms with E-state index in [2.05, 4.69) is 0 Å². The van der Waals surface area contributed by atoms with Gasteiger partial charge in [-0.3, -0.25) is 0 Å². The molecule has 3 aromatic carbocycles. The van der Waals surface area contributed by atoms with E-state index < -0.39 is 5.97 Å². The zero-order valence-electron chi connectivity index (χ0n) is 15.2. The van der Waals surface area contributed by atoms with E-state index in [9.17, 15) is 4.79 Å². The van der Waals surface area contributed by atoms with Gasteiger partial charge in [0.15, 0.2) is 6.61 Å². The molecule has 0 bridgehead atoms. The summed E-state index contributed by atoms with van der Waals surface area (Å²) < 4.78 is 21.4. The number of hydrogen-bond donors (Lipinski definition) is 0. The van der Waals surface area contributed by atoms with Crippen LogP contribution in [0.5, 0.6) is 23.0 Å². The molecule has 0 aliphatic carbocycles. The minimum absolute atomic E-state index is 0.219. The number of para-hydroxylation sites is 1. The third-order valence-electron chi connectivity index (χ3n) is 3.87. The maximum atomic E-state index is 12.2. The quantitative estimate of drug-likeness (QED) is 0.461. The van der Waals surface area contributed by atoms with Crippen molar-refractivity contribution in [2.24, 2.45) is 0 Å². The van der Waals surface area contributed by atoms with Crippen molar-refractivity contribution in [3.63, 3.8) is 0 Å². The summed E-state index contributed by atoms with van der Waals surface area (Å²) in [6, 6.07) is 22.3. The molecule has 0 N–H and O–H groups in total. The van der Waals surface area contributed by atoms with Crippen LogP contribution in [-0.2, 0) is 4.79 Å². The summed E-state index contributed by atoms with van der Waals surface area (Å²) in [6.45, 7) is -0.219. The fourth-order valence-electron chi connectivity index (χ4n) is 2.59. The number of hydrogen-bond acceptors (Lipinski definition) is 5. The molecule has 138 valence electrons. The molecule has 3 aromatic rings. The predicted octanol–water partition coefficient (Wildman–Crippen LogP) is 4.36. The molecule has 27 heavy (non-hydrogen) atoms. The lowest BCUT2D eigenvalue weighted by Crippen LogP contribution is -2.18. The Morgan fingerprint density at radius 3 is 2.04 bits per heavy atom. The van der Waals surface area contributed by atoms with Crippen LogP contribution in [0.25, 0.3) is 11.1 Å². The van der Waals surface area contributed by atoms with Gasteiger partial charge in [0, 0.05) is 23.8 Å². The summed E-state index contributed by atoms with van der Waals surface area (Å²) in [6.07, 6.45) is 0. The smallest absolute Gasteiger partial charge is 0.349 e. The number of methoxy groups -OCH3 is 2. The first-order valence-electron chi connectivity index (χ1n) is 8.40. The van der Waals surface area contributed by atoms with E-state index in [-0.39, 0.29) is 6.61 Å². The van der Waals surface area contributed by atoms with Gasteiger partial charge in [-0.25, -0.2) is 4.79 Å². The van der Waals surface area contributed by atoms with Gasteiger partial charge < -0.3 is 18.9 Å². The van der Waals surface area contributed by atoms with E-state index in [0.717, 1.165) is 11.1 Å². The van der Waals surface area contributed by atoms with Crippen molar-refractivity contribution >= 4 is 5.97 Å². The summed E-state index contributed by atoms with van der Waals surface area (Å²) in [5, 5.41) is 0. The molecule has 0 heterocycles. The van der Waals surface area contributed by atoms with Crippen molar-refractivity contribution in [2.75, 3.05) is 20.8 Å². The number of benzene rings is 3. The molecular formula is C22H20O5. The van der Waals surface area contributed by atoms with Gasteiger partial charge in [-0.05, 0) is 11.6 Å². The molecule has 5 heteroatoms. The van der Waals surface area contributed by atoms with E-state index in [0.29, 0.717) is 23.0 Å². The van der Waals surface area contributed by atoms with Crippen molar-refractivity contribution in [1.29, 1.82) is 0 Å². The molecule has 0 aliphatic heterocycles. The SMILES string of the molecule is COc1cc(OC)cc(OC(=O)COc2ccccc2-c2ccccc2)c1. The van der Waals surface area contributed by atoms with Gasteiger partial charge in [-0.15, -0.1) is 0 Å². The minimum atomic E-state index is -0.520. The molecule has 0 amide bonds. The van der Waals surface area contributed by atoms with Crippen molar-refractivity contribution in [2.45, 2.75) is 0 Å². The number of rotatable bonds is 7. The van der Waals surface area contributed by atoms with Crippen LogP contribution in [-0.4, -0.2) is 26.8 Å². The van der Waals surface area contributed by atoms with Crippen LogP contribution < -0.4 is 18.9 Å². The number of esters is 1. The van der Waals surface area contributed by atoms with Crippen LogP contribution in [0.15, 0.2) is 72.8 Å². The average molecular weight is 364 g/mol. The fourth-order valence-corrected chi connectivity index (χ4v) is 2.59. The Balaban J connectivity index is 1.69. The number of carbonyl (C=O) groups excluding carboxylic acids is 1. The molecule has 3 rings (SSSR count). The highest BCUT2D eigenvalue weighted by molar-refractivity contribution is 5.75.